The van der Waals surface area contributed by atoms with Crippen LogP contribution in [-0.4, -0.2) is 23.4 Å². The Kier molecular flexibility index (Phi) is 3.74. The number of amides is 1. The predicted octanol–water partition coefficient (Wildman–Crippen LogP) is 3.21. The summed E-state index contributed by atoms with van der Waals surface area (Å²) < 4.78 is 0. The maximum absolute atomic E-state index is 12.6. The largest absolute Gasteiger partial charge is 0.321 e. The molecule has 1 saturated heterocycles. The fraction of sp³-hybridized carbons (Fsp3) is 0.562. The fourth-order valence-electron chi connectivity index (χ4n) is 2.81. The highest BCUT2D eigenvalue weighted by Crippen LogP contribution is 2.35. The van der Waals surface area contributed by atoms with Gasteiger partial charge in [-0.3, -0.25) is 10.1 Å². The summed E-state index contributed by atoms with van der Waals surface area (Å²) in [6.07, 6.45) is 2.50. The van der Waals surface area contributed by atoms with Crippen LogP contribution in [-0.2, 0) is 4.79 Å². The average molecular weight is 293 g/mol. The maximum atomic E-state index is 12.6. The van der Waals surface area contributed by atoms with Crippen molar-refractivity contribution >= 4 is 17.5 Å². The van der Waals surface area contributed by atoms with Crippen molar-refractivity contribution in [1.82, 2.24) is 10.2 Å². The van der Waals surface area contributed by atoms with Crippen molar-refractivity contribution in [3.63, 3.8) is 0 Å². The van der Waals surface area contributed by atoms with E-state index in [1.165, 1.54) is 12.8 Å². The quantitative estimate of drug-likeness (QED) is 0.924. The van der Waals surface area contributed by atoms with E-state index in [4.69, 9.17) is 11.6 Å². The summed E-state index contributed by atoms with van der Waals surface area (Å²) in [7, 11) is 0. The first-order valence-corrected chi connectivity index (χ1v) is 7.76. The summed E-state index contributed by atoms with van der Waals surface area (Å²) in [6, 6.07) is 7.72. The van der Waals surface area contributed by atoms with Gasteiger partial charge in [-0.25, -0.2) is 0 Å². The van der Waals surface area contributed by atoms with Crippen LogP contribution in [0.4, 0.5) is 0 Å². The molecule has 1 N–H and O–H groups in total. The normalized spacial score (nSPS) is 26.6. The highest BCUT2D eigenvalue weighted by molar-refractivity contribution is 6.30. The Labute approximate surface area is 125 Å². The van der Waals surface area contributed by atoms with Gasteiger partial charge in [-0.15, -0.1) is 0 Å². The van der Waals surface area contributed by atoms with Crippen molar-refractivity contribution < 1.29 is 4.79 Å². The molecule has 3 rings (SSSR count). The van der Waals surface area contributed by atoms with Gasteiger partial charge in [0.1, 0.15) is 6.17 Å². The Morgan fingerprint density at radius 3 is 2.50 bits per heavy atom. The first-order chi connectivity index (χ1) is 9.56. The SMILES string of the molecule is CC(C)C1NC(c2ccc(Cl)cc2)N(CC2CC2)C1=O. The minimum atomic E-state index is -0.0746. The molecule has 2 atom stereocenters. The average Bonchev–Trinajstić information content (AvgIpc) is 3.16. The molecule has 1 saturated carbocycles. The van der Waals surface area contributed by atoms with E-state index >= 15 is 0 Å². The van der Waals surface area contributed by atoms with Crippen molar-refractivity contribution in [2.45, 2.75) is 38.9 Å². The molecule has 3 nitrogen and oxygen atoms in total. The number of rotatable bonds is 4. The minimum Gasteiger partial charge on any atom is -0.321 e. The van der Waals surface area contributed by atoms with Crippen LogP contribution in [0.2, 0.25) is 5.02 Å². The van der Waals surface area contributed by atoms with E-state index in [1.807, 2.05) is 29.2 Å². The molecular weight excluding hydrogens is 272 g/mol. The van der Waals surface area contributed by atoms with Crippen molar-refractivity contribution in [2.75, 3.05) is 6.54 Å². The van der Waals surface area contributed by atoms with Gasteiger partial charge in [-0.1, -0.05) is 37.6 Å². The summed E-state index contributed by atoms with van der Waals surface area (Å²) in [5.74, 6) is 1.25. The van der Waals surface area contributed by atoms with Crippen LogP contribution in [0.5, 0.6) is 0 Å². The number of hydrogen-bond donors (Lipinski definition) is 1. The summed E-state index contributed by atoms with van der Waals surface area (Å²) in [4.78, 5) is 14.6. The van der Waals surface area contributed by atoms with Gasteiger partial charge in [0.05, 0.1) is 6.04 Å². The third-order valence-electron chi connectivity index (χ3n) is 4.20. The lowest BCUT2D eigenvalue weighted by Gasteiger charge is -2.24. The summed E-state index contributed by atoms with van der Waals surface area (Å²) in [5, 5.41) is 4.22. The lowest BCUT2D eigenvalue weighted by Crippen LogP contribution is -2.35. The number of benzene rings is 1. The molecule has 1 aliphatic carbocycles. The van der Waals surface area contributed by atoms with Gasteiger partial charge >= 0.3 is 0 Å². The van der Waals surface area contributed by atoms with E-state index in [2.05, 4.69) is 19.2 Å². The highest BCUT2D eigenvalue weighted by atomic mass is 35.5. The van der Waals surface area contributed by atoms with E-state index in [1.54, 1.807) is 0 Å². The maximum Gasteiger partial charge on any atom is 0.241 e. The zero-order valence-electron chi connectivity index (χ0n) is 12.0. The number of carbonyl (C=O) groups excluding carboxylic acids is 1. The molecule has 1 aromatic rings. The van der Waals surface area contributed by atoms with Gasteiger partial charge in [0, 0.05) is 11.6 Å². The van der Waals surface area contributed by atoms with Crippen LogP contribution in [0.15, 0.2) is 24.3 Å². The molecule has 2 aliphatic rings. The van der Waals surface area contributed by atoms with Gasteiger partial charge in [0.15, 0.2) is 0 Å². The number of carbonyl (C=O) groups is 1. The minimum absolute atomic E-state index is 0.00670. The molecule has 0 radical (unpaired) electrons. The van der Waals surface area contributed by atoms with Gasteiger partial charge in [-0.2, -0.15) is 0 Å². The Morgan fingerprint density at radius 1 is 1.30 bits per heavy atom. The fourth-order valence-corrected chi connectivity index (χ4v) is 2.94. The molecule has 1 amide bonds. The predicted molar refractivity (Wildman–Crippen MR) is 80.4 cm³/mol. The lowest BCUT2D eigenvalue weighted by molar-refractivity contribution is -0.131. The van der Waals surface area contributed by atoms with E-state index in [-0.39, 0.29) is 18.1 Å². The van der Waals surface area contributed by atoms with E-state index < -0.39 is 0 Å². The van der Waals surface area contributed by atoms with Crippen molar-refractivity contribution in [3.8, 4) is 0 Å². The Hall–Kier alpha value is -1.06. The van der Waals surface area contributed by atoms with Crippen LogP contribution in [0.25, 0.3) is 0 Å². The molecule has 0 spiro atoms. The smallest absolute Gasteiger partial charge is 0.241 e. The summed E-state index contributed by atoms with van der Waals surface area (Å²) >= 11 is 5.96. The standard InChI is InChI=1S/C16H21ClN2O/c1-10(2)14-16(20)19(9-11-3-4-11)15(18-14)12-5-7-13(17)8-6-12/h5-8,10-11,14-15,18H,3-4,9H2,1-2H3. The van der Waals surface area contributed by atoms with E-state index in [0.29, 0.717) is 11.8 Å². The number of nitrogens with zero attached hydrogens (tertiary/aromatic N) is 1. The second-order valence-corrected chi connectivity index (χ2v) is 6.71. The Balaban J connectivity index is 1.85. The molecule has 2 fully saturated rings. The molecule has 108 valence electrons. The van der Waals surface area contributed by atoms with Crippen LogP contribution in [0, 0.1) is 11.8 Å². The van der Waals surface area contributed by atoms with Gasteiger partial charge in [0.2, 0.25) is 5.91 Å². The number of halogens is 1. The molecule has 0 bridgehead atoms. The van der Waals surface area contributed by atoms with Gasteiger partial charge in [0.25, 0.3) is 0 Å². The third kappa shape index (κ3) is 2.70. The molecule has 20 heavy (non-hydrogen) atoms. The zero-order valence-corrected chi connectivity index (χ0v) is 12.7. The van der Waals surface area contributed by atoms with Crippen molar-refractivity contribution in [1.29, 1.82) is 0 Å². The van der Waals surface area contributed by atoms with E-state index in [0.717, 1.165) is 17.1 Å². The van der Waals surface area contributed by atoms with Gasteiger partial charge in [-0.05, 0) is 42.4 Å². The van der Waals surface area contributed by atoms with Crippen molar-refractivity contribution in [2.24, 2.45) is 11.8 Å². The summed E-state index contributed by atoms with van der Waals surface area (Å²) in [6.45, 7) is 5.06. The summed E-state index contributed by atoms with van der Waals surface area (Å²) in [5.41, 5.74) is 1.12. The Bertz CT molecular complexity index is 496. The second-order valence-electron chi connectivity index (χ2n) is 6.28. The molecular formula is C16H21ClN2O. The molecule has 2 unspecified atom stereocenters. The molecule has 0 aromatic heterocycles. The van der Waals surface area contributed by atoms with E-state index in [9.17, 15) is 4.79 Å². The third-order valence-corrected chi connectivity index (χ3v) is 4.45. The molecule has 1 heterocycles. The van der Waals surface area contributed by atoms with Crippen LogP contribution in [0.3, 0.4) is 0 Å². The van der Waals surface area contributed by atoms with Crippen LogP contribution >= 0.6 is 11.6 Å². The first-order valence-electron chi connectivity index (χ1n) is 7.38. The second kappa shape index (κ2) is 5.38. The Morgan fingerprint density at radius 2 is 1.95 bits per heavy atom. The zero-order chi connectivity index (χ0) is 14.3. The monoisotopic (exact) mass is 292 g/mol. The van der Waals surface area contributed by atoms with Crippen LogP contribution in [0.1, 0.15) is 38.4 Å². The first kappa shape index (κ1) is 13.9. The highest BCUT2D eigenvalue weighted by Gasteiger charge is 2.42. The molecule has 1 aliphatic heterocycles. The molecule has 4 heteroatoms. The topological polar surface area (TPSA) is 32.3 Å². The number of nitrogens with one attached hydrogen (secondary N) is 1. The number of hydrogen-bond acceptors (Lipinski definition) is 2. The molecule has 1 aromatic carbocycles. The van der Waals surface area contributed by atoms with Crippen molar-refractivity contribution in [3.05, 3.63) is 34.9 Å². The van der Waals surface area contributed by atoms with Gasteiger partial charge < -0.3 is 4.90 Å². The lowest BCUT2D eigenvalue weighted by atomic mass is 10.1. The van der Waals surface area contributed by atoms with Crippen LogP contribution < -0.4 is 5.32 Å².